The van der Waals surface area contributed by atoms with E-state index >= 15 is 0 Å². The molecule has 0 aromatic heterocycles. The lowest BCUT2D eigenvalue weighted by atomic mass is 10.1. The summed E-state index contributed by atoms with van der Waals surface area (Å²) in [6.45, 7) is 9.50. The molecule has 0 amide bonds. The van der Waals surface area contributed by atoms with Crippen LogP contribution in [0, 0.1) is 13.8 Å². The lowest BCUT2D eigenvalue weighted by Crippen LogP contribution is -2.46. The Morgan fingerprint density at radius 3 is 2.13 bits per heavy atom. The molecular formula is C23H30N2O6. The SMILES string of the molecule is COc1ccc(OC)c(CN2CCN(c3cccc(C)c3C)CC2)c1.O=C(O)C(=O)O. The second-order valence-corrected chi connectivity index (χ2v) is 7.27. The average Bonchev–Trinajstić information content (AvgIpc) is 2.76. The number of hydrogen-bond donors (Lipinski definition) is 2. The van der Waals surface area contributed by atoms with Crippen LogP contribution < -0.4 is 14.4 Å². The van der Waals surface area contributed by atoms with Gasteiger partial charge in [0.1, 0.15) is 11.5 Å². The Morgan fingerprint density at radius 2 is 1.58 bits per heavy atom. The first-order valence-corrected chi connectivity index (χ1v) is 9.97. The molecule has 0 bridgehead atoms. The fraction of sp³-hybridized carbons (Fsp3) is 0.391. The molecule has 0 radical (unpaired) electrons. The molecule has 168 valence electrons. The Labute approximate surface area is 182 Å². The van der Waals surface area contributed by atoms with Crippen molar-refractivity contribution in [3.63, 3.8) is 0 Å². The zero-order chi connectivity index (χ0) is 23.0. The first-order chi connectivity index (χ1) is 14.8. The van der Waals surface area contributed by atoms with E-state index in [1.54, 1.807) is 14.2 Å². The number of aliphatic carboxylic acids is 2. The second-order valence-electron chi connectivity index (χ2n) is 7.27. The summed E-state index contributed by atoms with van der Waals surface area (Å²) in [5, 5.41) is 14.8. The normalized spacial score (nSPS) is 13.7. The van der Waals surface area contributed by atoms with E-state index in [2.05, 4.69) is 47.9 Å². The topological polar surface area (TPSA) is 99.5 Å². The van der Waals surface area contributed by atoms with Crippen LogP contribution in [0.2, 0.25) is 0 Å². The van der Waals surface area contributed by atoms with Crippen molar-refractivity contribution in [2.45, 2.75) is 20.4 Å². The number of carbonyl (C=O) groups is 2. The average molecular weight is 431 g/mol. The summed E-state index contributed by atoms with van der Waals surface area (Å²) in [5.41, 5.74) is 5.31. The Hall–Kier alpha value is -3.26. The maximum Gasteiger partial charge on any atom is 0.414 e. The van der Waals surface area contributed by atoms with Gasteiger partial charge in [-0.2, -0.15) is 0 Å². The number of anilines is 1. The molecule has 2 aromatic carbocycles. The summed E-state index contributed by atoms with van der Waals surface area (Å²) in [7, 11) is 3.43. The van der Waals surface area contributed by atoms with Crippen molar-refractivity contribution in [1.82, 2.24) is 4.90 Å². The lowest BCUT2D eigenvalue weighted by molar-refractivity contribution is -0.159. The number of benzene rings is 2. The molecule has 0 unspecified atom stereocenters. The number of methoxy groups -OCH3 is 2. The molecule has 8 nitrogen and oxygen atoms in total. The van der Waals surface area contributed by atoms with Crippen LogP contribution in [-0.2, 0) is 16.1 Å². The van der Waals surface area contributed by atoms with Gasteiger partial charge in [0.25, 0.3) is 0 Å². The van der Waals surface area contributed by atoms with Crippen LogP contribution >= 0.6 is 0 Å². The smallest absolute Gasteiger partial charge is 0.414 e. The van der Waals surface area contributed by atoms with Gasteiger partial charge in [-0.1, -0.05) is 12.1 Å². The van der Waals surface area contributed by atoms with E-state index in [-0.39, 0.29) is 0 Å². The molecule has 2 N–H and O–H groups in total. The van der Waals surface area contributed by atoms with E-state index in [0.717, 1.165) is 44.2 Å². The fourth-order valence-electron chi connectivity index (χ4n) is 3.47. The maximum absolute atomic E-state index is 9.10. The van der Waals surface area contributed by atoms with Crippen molar-refractivity contribution in [3.05, 3.63) is 53.1 Å². The van der Waals surface area contributed by atoms with Crippen LogP contribution in [0.25, 0.3) is 0 Å². The molecule has 2 aromatic rings. The van der Waals surface area contributed by atoms with E-state index in [9.17, 15) is 0 Å². The third-order valence-corrected chi connectivity index (χ3v) is 5.35. The number of aryl methyl sites for hydroxylation is 1. The highest BCUT2D eigenvalue weighted by Crippen LogP contribution is 2.27. The zero-order valence-corrected chi connectivity index (χ0v) is 18.4. The van der Waals surface area contributed by atoms with Gasteiger partial charge in [0.15, 0.2) is 0 Å². The summed E-state index contributed by atoms with van der Waals surface area (Å²) in [6.07, 6.45) is 0. The van der Waals surface area contributed by atoms with Gasteiger partial charge < -0.3 is 24.6 Å². The number of nitrogens with zero attached hydrogens (tertiary/aromatic N) is 2. The molecule has 1 fully saturated rings. The molecule has 3 rings (SSSR count). The number of carboxylic acid groups (broad SMARTS) is 2. The summed E-state index contributed by atoms with van der Waals surface area (Å²) in [5.74, 6) is -1.84. The number of ether oxygens (including phenoxy) is 2. The molecular weight excluding hydrogens is 400 g/mol. The van der Waals surface area contributed by atoms with Crippen molar-refractivity contribution in [2.75, 3.05) is 45.3 Å². The molecule has 1 saturated heterocycles. The van der Waals surface area contributed by atoms with Crippen LogP contribution in [0.5, 0.6) is 11.5 Å². The summed E-state index contributed by atoms with van der Waals surface area (Å²) >= 11 is 0. The van der Waals surface area contributed by atoms with Gasteiger partial charge in [-0.15, -0.1) is 0 Å². The molecule has 8 heteroatoms. The molecule has 0 atom stereocenters. The number of hydrogen-bond acceptors (Lipinski definition) is 6. The third-order valence-electron chi connectivity index (χ3n) is 5.35. The van der Waals surface area contributed by atoms with Crippen molar-refractivity contribution in [2.24, 2.45) is 0 Å². The minimum absolute atomic E-state index is 0.879. The van der Waals surface area contributed by atoms with E-state index in [1.165, 1.54) is 22.4 Å². The first kappa shape index (κ1) is 24.0. The van der Waals surface area contributed by atoms with E-state index in [1.807, 2.05) is 12.1 Å². The monoisotopic (exact) mass is 430 g/mol. The van der Waals surface area contributed by atoms with Crippen molar-refractivity contribution in [3.8, 4) is 11.5 Å². The van der Waals surface area contributed by atoms with Crippen molar-refractivity contribution in [1.29, 1.82) is 0 Å². The Morgan fingerprint density at radius 1 is 0.935 bits per heavy atom. The van der Waals surface area contributed by atoms with E-state index in [4.69, 9.17) is 29.3 Å². The van der Waals surface area contributed by atoms with Crippen molar-refractivity contribution < 1.29 is 29.3 Å². The van der Waals surface area contributed by atoms with Gasteiger partial charge >= 0.3 is 11.9 Å². The predicted molar refractivity (Wildman–Crippen MR) is 118 cm³/mol. The molecule has 0 spiro atoms. The quantitative estimate of drug-likeness (QED) is 0.699. The lowest BCUT2D eigenvalue weighted by Gasteiger charge is -2.37. The summed E-state index contributed by atoms with van der Waals surface area (Å²) in [4.78, 5) is 23.2. The van der Waals surface area contributed by atoms with Crippen LogP contribution in [0.3, 0.4) is 0 Å². The largest absolute Gasteiger partial charge is 0.497 e. The number of carboxylic acids is 2. The van der Waals surface area contributed by atoms with Gasteiger partial charge in [0.2, 0.25) is 0 Å². The molecule has 0 saturated carbocycles. The molecule has 1 heterocycles. The molecule has 31 heavy (non-hydrogen) atoms. The van der Waals surface area contributed by atoms with Gasteiger partial charge in [0, 0.05) is 44.0 Å². The van der Waals surface area contributed by atoms with Gasteiger partial charge in [-0.3, -0.25) is 4.90 Å². The minimum Gasteiger partial charge on any atom is -0.497 e. The number of rotatable bonds is 5. The standard InChI is InChI=1S/C21H28N2O2.C2H2O4/c1-16-6-5-7-20(17(16)2)23-12-10-22(11-13-23)15-18-14-19(24-3)8-9-21(18)25-4;3-1(4)2(5)6/h5-9,14H,10-13,15H2,1-4H3;(H,3,4)(H,5,6). The van der Waals surface area contributed by atoms with Crippen LogP contribution in [0.1, 0.15) is 16.7 Å². The van der Waals surface area contributed by atoms with Gasteiger partial charge in [-0.05, 0) is 49.2 Å². The fourth-order valence-corrected chi connectivity index (χ4v) is 3.47. The Kier molecular flexibility index (Phi) is 8.69. The van der Waals surface area contributed by atoms with E-state index in [0.29, 0.717) is 0 Å². The summed E-state index contributed by atoms with van der Waals surface area (Å²) in [6, 6.07) is 12.6. The Balaban J connectivity index is 0.000000501. The highest BCUT2D eigenvalue weighted by atomic mass is 16.5. The van der Waals surface area contributed by atoms with Crippen LogP contribution in [0.4, 0.5) is 5.69 Å². The van der Waals surface area contributed by atoms with Gasteiger partial charge in [0.05, 0.1) is 14.2 Å². The van der Waals surface area contributed by atoms with Crippen LogP contribution in [0.15, 0.2) is 36.4 Å². The minimum atomic E-state index is -1.82. The predicted octanol–water partition coefficient (Wildman–Crippen LogP) is 2.80. The molecule has 1 aliphatic heterocycles. The zero-order valence-electron chi connectivity index (χ0n) is 18.4. The second kappa shape index (κ2) is 11.2. The van der Waals surface area contributed by atoms with E-state index < -0.39 is 11.9 Å². The maximum atomic E-state index is 9.10. The van der Waals surface area contributed by atoms with Gasteiger partial charge in [-0.25, -0.2) is 9.59 Å². The van der Waals surface area contributed by atoms with Crippen LogP contribution in [-0.4, -0.2) is 67.5 Å². The highest BCUT2D eigenvalue weighted by Gasteiger charge is 2.20. The third kappa shape index (κ3) is 6.62. The molecule has 1 aliphatic rings. The first-order valence-electron chi connectivity index (χ1n) is 9.97. The summed E-state index contributed by atoms with van der Waals surface area (Å²) < 4.78 is 10.9. The van der Waals surface area contributed by atoms with Crippen molar-refractivity contribution >= 4 is 17.6 Å². The highest BCUT2D eigenvalue weighted by molar-refractivity contribution is 6.27. The number of piperazine rings is 1. The molecule has 0 aliphatic carbocycles. The Bertz CT molecular complexity index is 895.